The van der Waals surface area contributed by atoms with E-state index in [4.69, 9.17) is 14.2 Å². The van der Waals surface area contributed by atoms with E-state index in [0.717, 1.165) is 27.8 Å². The molecule has 0 saturated carbocycles. The maximum absolute atomic E-state index is 12.3. The van der Waals surface area contributed by atoms with E-state index in [-0.39, 0.29) is 12.3 Å². The summed E-state index contributed by atoms with van der Waals surface area (Å²) in [5.74, 6) is 1.91. The van der Waals surface area contributed by atoms with Gasteiger partial charge in [0.05, 0.1) is 27.8 Å². The monoisotopic (exact) mass is 407 g/mol. The van der Waals surface area contributed by atoms with Crippen LogP contribution in [0.5, 0.6) is 17.2 Å². The summed E-state index contributed by atoms with van der Waals surface area (Å²) in [5, 5.41) is 2.94. The lowest BCUT2D eigenvalue weighted by Gasteiger charge is -2.14. The zero-order chi connectivity index (χ0) is 18.2. The van der Waals surface area contributed by atoms with E-state index in [0.29, 0.717) is 18.0 Å². The van der Waals surface area contributed by atoms with Crippen LogP contribution in [0.4, 0.5) is 0 Å². The van der Waals surface area contributed by atoms with E-state index in [9.17, 15) is 4.79 Å². The Kier molecular flexibility index (Phi) is 7.13. The first-order valence-corrected chi connectivity index (χ1v) is 8.67. The summed E-state index contributed by atoms with van der Waals surface area (Å²) >= 11 is 3.47. The number of carbonyl (C=O) groups is 1. The van der Waals surface area contributed by atoms with Gasteiger partial charge in [-0.1, -0.05) is 28.1 Å². The zero-order valence-corrected chi connectivity index (χ0v) is 16.2. The molecule has 25 heavy (non-hydrogen) atoms. The number of amides is 1. The molecule has 1 amide bonds. The molecular weight excluding hydrogens is 386 g/mol. The van der Waals surface area contributed by atoms with Gasteiger partial charge in [-0.15, -0.1) is 0 Å². The molecule has 0 radical (unpaired) electrons. The predicted octanol–water partition coefficient (Wildman–Crippen LogP) is 3.38. The number of ether oxygens (including phenoxy) is 3. The molecule has 1 N–H and O–H groups in total. The Morgan fingerprint density at radius 2 is 1.88 bits per heavy atom. The molecule has 0 spiro atoms. The van der Waals surface area contributed by atoms with Crippen LogP contribution in [0.15, 0.2) is 40.9 Å². The van der Waals surface area contributed by atoms with Crippen molar-refractivity contribution in [3.05, 3.63) is 52.0 Å². The molecule has 2 aromatic carbocycles. The van der Waals surface area contributed by atoms with Crippen LogP contribution in [0.1, 0.15) is 11.1 Å². The maximum Gasteiger partial charge on any atom is 0.224 e. The van der Waals surface area contributed by atoms with Crippen molar-refractivity contribution in [3.63, 3.8) is 0 Å². The normalized spacial score (nSPS) is 10.2. The molecule has 2 aromatic rings. The maximum atomic E-state index is 12.3. The van der Waals surface area contributed by atoms with Crippen LogP contribution in [0, 0.1) is 0 Å². The topological polar surface area (TPSA) is 56.8 Å². The molecule has 0 aliphatic carbocycles. The lowest BCUT2D eigenvalue weighted by Crippen LogP contribution is -2.27. The van der Waals surface area contributed by atoms with Crippen molar-refractivity contribution in [2.75, 3.05) is 27.9 Å². The Hall–Kier alpha value is -2.21. The highest BCUT2D eigenvalue weighted by Gasteiger charge is 2.16. The standard InChI is InChI=1S/C19H22BrNO4/c1-23-14-6-4-5-13(11-14)9-10-21-18(22)12-15-16(20)7-8-17(24-2)19(15)25-3/h4-8,11H,9-10,12H2,1-3H3,(H,21,22). The summed E-state index contributed by atoms with van der Waals surface area (Å²) in [6.45, 7) is 0.551. The van der Waals surface area contributed by atoms with Gasteiger partial charge < -0.3 is 19.5 Å². The summed E-state index contributed by atoms with van der Waals surface area (Å²) < 4.78 is 16.7. The molecule has 0 atom stereocenters. The Balaban J connectivity index is 1.96. The van der Waals surface area contributed by atoms with E-state index < -0.39 is 0 Å². The second-order valence-corrected chi connectivity index (χ2v) is 6.24. The third-order valence-electron chi connectivity index (χ3n) is 3.80. The Morgan fingerprint density at radius 1 is 1.08 bits per heavy atom. The van der Waals surface area contributed by atoms with Crippen LogP contribution in [0.2, 0.25) is 0 Å². The van der Waals surface area contributed by atoms with E-state index in [2.05, 4.69) is 21.2 Å². The number of rotatable bonds is 8. The number of hydrogen-bond donors (Lipinski definition) is 1. The first-order valence-electron chi connectivity index (χ1n) is 7.88. The average molecular weight is 408 g/mol. The third-order valence-corrected chi connectivity index (χ3v) is 4.54. The number of halogens is 1. The van der Waals surface area contributed by atoms with Crippen LogP contribution in [0.25, 0.3) is 0 Å². The number of methoxy groups -OCH3 is 3. The van der Waals surface area contributed by atoms with Gasteiger partial charge in [-0.25, -0.2) is 0 Å². The molecule has 134 valence electrons. The fraction of sp³-hybridized carbons (Fsp3) is 0.316. The summed E-state index contributed by atoms with van der Waals surface area (Å²) in [4.78, 5) is 12.3. The smallest absolute Gasteiger partial charge is 0.224 e. The minimum Gasteiger partial charge on any atom is -0.497 e. The molecule has 2 rings (SSSR count). The molecule has 0 aliphatic heterocycles. The molecule has 6 heteroatoms. The zero-order valence-electron chi connectivity index (χ0n) is 14.6. The number of hydrogen-bond acceptors (Lipinski definition) is 4. The first-order chi connectivity index (χ1) is 12.1. The highest BCUT2D eigenvalue weighted by atomic mass is 79.9. The van der Waals surface area contributed by atoms with E-state index in [1.165, 1.54) is 0 Å². The molecule has 0 unspecified atom stereocenters. The minimum atomic E-state index is -0.0739. The Morgan fingerprint density at radius 3 is 2.56 bits per heavy atom. The first kappa shape index (κ1) is 19.1. The van der Waals surface area contributed by atoms with Crippen molar-refractivity contribution in [1.29, 1.82) is 0 Å². The second-order valence-electron chi connectivity index (χ2n) is 5.39. The number of carbonyl (C=O) groups excluding carboxylic acids is 1. The quantitative estimate of drug-likeness (QED) is 0.728. The van der Waals surface area contributed by atoms with Gasteiger partial charge in [-0.3, -0.25) is 4.79 Å². The van der Waals surface area contributed by atoms with Gasteiger partial charge in [0, 0.05) is 16.6 Å². The average Bonchev–Trinajstić information content (AvgIpc) is 2.63. The van der Waals surface area contributed by atoms with Crippen molar-refractivity contribution in [3.8, 4) is 17.2 Å². The van der Waals surface area contributed by atoms with Gasteiger partial charge in [0.25, 0.3) is 0 Å². The fourth-order valence-corrected chi connectivity index (χ4v) is 2.98. The Bertz CT molecular complexity index is 733. The third kappa shape index (κ3) is 5.13. The van der Waals surface area contributed by atoms with Crippen LogP contribution >= 0.6 is 15.9 Å². The van der Waals surface area contributed by atoms with Gasteiger partial charge in [-0.2, -0.15) is 0 Å². The molecule has 0 saturated heterocycles. The highest BCUT2D eigenvalue weighted by Crippen LogP contribution is 2.36. The minimum absolute atomic E-state index is 0.0739. The summed E-state index contributed by atoms with van der Waals surface area (Å²) in [7, 11) is 4.78. The van der Waals surface area contributed by atoms with Gasteiger partial charge >= 0.3 is 0 Å². The molecule has 0 fully saturated rings. The highest BCUT2D eigenvalue weighted by molar-refractivity contribution is 9.10. The molecule has 0 heterocycles. The Labute approximate surface area is 156 Å². The summed E-state index contributed by atoms with van der Waals surface area (Å²) in [5.41, 5.74) is 1.88. The van der Waals surface area contributed by atoms with E-state index in [1.807, 2.05) is 30.3 Å². The molecule has 0 aliphatic rings. The SMILES string of the molecule is COc1cccc(CCNC(=O)Cc2c(Br)ccc(OC)c2OC)c1. The van der Waals surface area contributed by atoms with Crippen molar-refractivity contribution in [2.24, 2.45) is 0 Å². The predicted molar refractivity (Wildman–Crippen MR) is 101 cm³/mol. The molecule has 5 nitrogen and oxygen atoms in total. The van der Waals surface area contributed by atoms with Crippen LogP contribution in [0.3, 0.4) is 0 Å². The van der Waals surface area contributed by atoms with Crippen molar-refractivity contribution >= 4 is 21.8 Å². The second kappa shape index (κ2) is 9.32. The van der Waals surface area contributed by atoms with Crippen LogP contribution in [-0.2, 0) is 17.6 Å². The van der Waals surface area contributed by atoms with Crippen LogP contribution < -0.4 is 19.5 Å². The van der Waals surface area contributed by atoms with E-state index in [1.54, 1.807) is 27.4 Å². The van der Waals surface area contributed by atoms with Gasteiger partial charge in [-0.05, 0) is 36.2 Å². The summed E-state index contributed by atoms with van der Waals surface area (Å²) in [6, 6.07) is 11.5. The lowest BCUT2D eigenvalue weighted by molar-refractivity contribution is -0.120. The fourth-order valence-electron chi connectivity index (χ4n) is 2.53. The van der Waals surface area contributed by atoms with Gasteiger partial charge in [0.1, 0.15) is 5.75 Å². The molecule has 0 bridgehead atoms. The van der Waals surface area contributed by atoms with Crippen LogP contribution in [-0.4, -0.2) is 33.8 Å². The van der Waals surface area contributed by atoms with Crippen molar-refractivity contribution in [2.45, 2.75) is 12.8 Å². The summed E-state index contributed by atoms with van der Waals surface area (Å²) in [6.07, 6.45) is 0.943. The number of nitrogens with one attached hydrogen (secondary N) is 1. The molecular formula is C19H22BrNO4. The van der Waals surface area contributed by atoms with Gasteiger partial charge in [0.15, 0.2) is 11.5 Å². The van der Waals surface area contributed by atoms with E-state index >= 15 is 0 Å². The number of benzene rings is 2. The van der Waals surface area contributed by atoms with Gasteiger partial charge in [0.2, 0.25) is 5.91 Å². The lowest BCUT2D eigenvalue weighted by atomic mass is 10.1. The van der Waals surface area contributed by atoms with Crippen molar-refractivity contribution in [1.82, 2.24) is 5.32 Å². The molecule has 0 aromatic heterocycles. The largest absolute Gasteiger partial charge is 0.497 e. The van der Waals surface area contributed by atoms with Crippen molar-refractivity contribution < 1.29 is 19.0 Å².